The van der Waals surface area contributed by atoms with Crippen LogP contribution in [0, 0.1) is 0 Å². The van der Waals surface area contributed by atoms with E-state index in [0.717, 1.165) is 18.5 Å². The fourth-order valence-corrected chi connectivity index (χ4v) is 2.92. The molecule has 1 unspecified atom stereocenters. The van der Waals surface area contributed by atoms with Crippen LogP contribution in [-0.2, 0) is 0 Å². The van der Waals surface area contributed by atoms with E-state index in [9.17, 15) is 4.79 Å². The van der Waals surface area contributed by atoms with Crippen LogP contribution in [0.5, 0.6) is 0 Å². The minimum atomic E-state index is -0.103. The lowest BCUT2D eigenvalue weighted by molar-refractivity contribution is 0.221. The smallest absolute Gasteiger partial charge is 0.319 e. The van der Waals surface area contributed by atoms with Gasteiger partial charge in [0.15, 0.2) is 0 Å². The standard InChI is InChI=1S/C17H27N3O/c1-13(18-3)14-7-9-15(10-8-14)19-16(21)20-17(2)11-5-4-6-12-17/h7-10,13,18H,4-6,11-12H2,1-3H3,(H2,19,20,21). The van der Waals surface area contributed by atoms with Gasteiger partial charge in [0.05, 0.1) is 0 Å². The van der Waals surface area contributed by atoms with E-state index in [0.29, 0.717) is 6.04 Å². The number of hydrogen-bond acceptors (Lipinski definition) is 2. The average molecular weight is 289 g/mol. The summed E-state index contributed by atoms with van der Waals surface area (Å²) in [4.78, 5) is 12.1. The van der Waals surface area contributed by atoms with Crippen LogP contribution in [0.15, 0.2) is 24.3 Å². The highest BCUT2D eigenvalue weighted by molar-refractivity contribution is 5.89. The minimum absolute atomic E-state index is 0.0527. The molecule has 1 fully saturated rings. The molecule has 0 heterocycles. The van der Waals surface area contributed by atoms with E-state index in [1.165, 1.54) is 24.8 Å². The molecule has 0 radical (unpaired) electrons. The third kappa shape index (κ3) is 4.46. The van der Waals surface area contributed by atoms with Crippen LogP contribution in [0.4, 0.5) is 10.5 Å². The summed E-state index contributed by atoms with van der Waals surface area (Å²) in [6.07, 6.45) is 5.82. The summed E-state index contributed by atoms with van der Waals surface area (Å²) in [5.74, 6) is 0. The molecule has 116 valence electrons. The van der Waals surface area contributed by atoms with Crippen LogP contribution >= 0.6 is 0 Å². The van der Waals surface area contributed by atoms with E-state index in [1.54, 1.807) is 0 Å². The lowest BCUT2D eigenvalue weighted by Crippen LogP contribution is -2.48. The molecule has 0 bridgehead atoms. The van der Waals surface area contributed by atoms with E-state index >= 15 is 0 Å². The zero-order valence-corrected chi connectivity index (χ0v) is 13.3. The molecule has 3 N–H and O–H groups in total. The average Bonchev–Trinajstić information content (AvgIpc) is 2.47. The number of carbonyl (C=O) groups excluding carboxylic acids is 1. The van der Waals surface area contributed by atoms with Crippen molar-refractivity contribution in [1.82, 2.24) is 10.6 Å². The Morgan fingerprint density at radius 2 is 1.76 bits per heavy atom. The van der Waals surface area contributed by atoms with Crippen molar-refractivity contribution in [2.75, 3.05) is 12.4 Å². The molecule has 2 rings (SSSR count). The molecular formula is C17H27N3O. The van der Waals surface area contributed by atoms with Crippen LogP contribution in [0.2, 0.25) is 0 Å². The van der Waals surface area contributed by atoms with E-state index in [2.05, 4.69) is 29.8 Å². The number of anilines is 1. The second-order valence-corrected chi connectivity index (χ2v) is 6.33. The second kappa shape index (κ2) is 6.94. The van der Waals surface area contributed by atoms with Gasteiger partial charge < -0.3 is 16.0 Å². The predicted octanol–water partition coefficient (Wildman–Crippen LogP) is 3.81. The molecule has 0 aromatic heterocycles. The van der Waals surface area contributed by atoms with Crippen LogP contribution < -0.4 is 16.0 Å². The monoisotopic (exact) mass is 289 g/mol. The quantitative estimate of drug-likeness (QED) is 0.789. The summed E-state index contributed by atoms with van der Waals surface area (Å²) in [6.45, 7) is 4.25. The molecule has 1 aromatic rings. The maximum atomic E-state index is 12.1. The molecule has 1 aliphatic rings. The molecule has 1 aliphatic carbocycles. The highest BCUT2D eigenvalue weighted by Gasteiger charge is 2.28. The molecule has 4 nitrogen and oxygen atoms in total. The summed E-state index contributed by atoms with van der Waals surface area (Å²) in [6, 6.07) is 8.19. The number of carbonyl (C=O) groups is 1. The van der Waals surface area contributed by atoms with Gasteiger partial charge in [0.2, 0.25) is 0 Å². The molecule has 1 saturated carbocycles. The Labute approximate surface area is 127 Å². The zero-order valence-electron chi connectivity index (χ0n) is 13.3. The number of benzene rings is 1. The normalized spacial score (nSPS) is 18.8. The van der Waals surface area contributed by atoms with E-state index in [-0.39, 0.29) is 11.6 Å². The van der Waals surface area contributed by atoms with Gasteiger partial charge in [-0.25, -0.2) is 4.79 Å². The van der Waals surface area contributed by atoms with Crippen LogP contribution in [0.3, 0.4) is 0 Å². The molecule has 1 aromatic carbocycles. The van der Waals surface area contributed by atoms with Crippen molar-refractivity contribution in [3.8, 4) is 0 Å². The minimum Gasteiger partial charge on any atom is -0.333 e. The Bertz CT molecular complexity index is 463. The predicted molar refractivity (Wildman–Crippen MR) is 87.6 cm³/mol. The van der Waals surface area contributed by atoms with Gasteiger partial charge in [-0.1, -0.05) is 31.4 Å². The topological polar surface area (TPSA) is 53.2 Å². The van der Waals surface area contributed by atoms with Crippen molar-refractivity contribution in [3.63, 3.8) is 0 Å². The number of amides is 2. The zero-order chi connectivity index (χ0) is 15.3. The van der Waals surface area contributed by atoms with Crippen molar-refractivity contribution in [1.29, 1.82) is 0 Å². The lowest BCUT2D eigenvalue weighted by atomic mass is 9.83. The Balaban J connectivity index is 1.90. The Hall–Kier alpha value is -1.55. The summed E-state index contributed by atoms with van der Waals surface area (Å²) in [5, 5.41) is 9.26. The number of nitrogens with one attached hydrogen (secondary N) is 3. The summed E-state index contributed by atoms with van der Waals surface area (Å²) in [7, 11) is 1.94. The largest absolute Gasteiger partial charge is 0.333 e. The Morgan fingerprint density at radius 1 is 1.14 bits per heavy atom. The Morgan fingerprint density at radius 3 is 2.33 bits per heavy atom. The lowest BCUT2D eigenvalue weighted by Gasteiger charge is -2.34. The van der Waals surface area contributed by atoms with Gasteiger partial charge in [-0.3, -0.25) is 0 Å². The van der Waals surface area contributed by atoms with Gasteiger partial charge in [0.25, 0.3) is 0 Å². The first-order valence-electron chi connectivity index (χ1n) is 7.89. The molecule has 4 heteroatoms. The fourth-order valence-electron chi connectivity index (χ4n) is 2.92. The highest BCUT2D eigenvalue weighted by Crippen LogP contribution is 2.27. The van der Waals surface area contributed by atoms with Crippen LogP contribution in [0.25, 0.3) is 0 Å². The van der Waals surface area contributed by atoms with Gasteiger partial charge in [-0.2, -0.15) is 0 Å². The van der Waals surface area contributed by atoms with Crippen molar-refractivity contribution >= 4 is 11.7 Å². The third-order valence-corrected chi connectivity index (χ3v) is 4.47. The van der Waals surface area contributed by atoms with Crippen molar-refractivity contribution in [2.45, 2.75) is 57.5 Å². The first kappa shape index (κ1) is 15.8. The molecule has 0 spiro atoms. The molecule has 0 aliphatic heterocycles. The van der Waals surface area contributed by atoms with Gasteiger partial charge in [-0.15, -0.1) is 0 Å². The number of rotatable bonds is 4. The van der Waals surface area contributed by atoms with Gasteiger partial charge >= 0.3 is 6.03 Å². The first-order valence-corrected chi connectivity index (χ1v) is 7.89. The van der Waals surface area contributed by atoms with Gasteiger partial charge in [-0.05, 0) is 51.4 Å². The SMILES string of the molecule is CNC(C)c1ccc(NC(=O)NC2(C)CCCCC2)cc1. The summed E-state index contributed by atoms with van der Waals surface area (Å²) >= 11 is 0. The van der Waals surface area contributed by atoms with E-state index < -0.39 is 0 Å². The highest BCUT2D eigenvalue weighted by atomic mass is 16.2. The molecule has 1 atom stereocenters. The maximum absolute atomic E-state index is 12.1. The van der Waals surface area contributed by atoms with E-state index in [1.807, 2.05) is 31.3 Å². The molecular weight excluding hydrogens is 262 g/mol. The van der Waals surface area contributed by atoms with Crippen molar-refractivity contribution in [3.05, 3.63) is 29.8 Å². The number of urea groups is 1. The van der Waals surface area contributed by atoms with Crippen LogP contribution in [0.1, 0.15) is 57.6 Å². The van der Waals surface area contributed by atoms with Crippen molar-refractivity contribution < 1.29 is 4.79 Å². The van der Waals surface area contributed by atoms with Crippen molar-refractivity contribution in [2.24, 2.45) is 0 Å². The maximum Gasteiger partial charge on any atom is 0.319 e. The molecule has 0 saturated heterocycles. The summed E-state index contributed by atoms with van der Waals surface area (Å²) < 4.78 is 0. The van der Waals surface area contributed by atoms with Gasteiger partial charge in [0, 0.05) is 17.3 Å². The fraction of sp³-hybridized carbons (Fsp3) is 0.588. The van der Waals surface area contributed by atoms with E-state index in [4.69, 9.17) is 0 Å². The summed E-state index contributed by atoms with van der Waals surface area (Å²) in [5.41, 5.74) is 1.99. The second-order valence-electron chi connectivity index (χ2n) is 6.33. The third-order valence-electron chi connectivity index (χ3n) is 4.47. The number of hydrogen-bond donors (Lipinski definition) is 3. The van der Waals surface area contributed by atoms with Gasteiger partial charge in [0.1, 0.15) is 0 Å². The van der Waals surface area contributed by atoms with Crippen LogP contribution in [-0.4, -0.2) is 18.6 Å². The first-order chi connectivity index (χ1) is 10.0. The molecule has 2 amide bonds. The molecule has 21 heavy (non-hydrogen) atoms. The Kier molecular flexibility index (Phi) is 5.23.